The topological polar surface area (TPSA) is 67.3 Å². The zero-order valence-electron chi connectivity index (χ0n) is 14.3. The number of nitrogens with zero attached hydrogens (tertiary/aromatic N) is 6. The molecule has 2 aliphatic heterocycles. The summed E-state index contributed by atoms with van der Waals surface area (Å²) in [5, 5.41) is 11.3. The van der Waals surface area contributed by atoms with Gasteiger partial charge in [0.05, 0.1) is 13.2 Å². The molecule has 5 rings (SSSR count). The van der Waals surface area contributed by atoms with Crippen molar-refractivity contribution in [3.8, 4) is 5.88 Å². The first-order valence-corrected chi connectivity index (χ1v) is 9.85. The predicted molar refractivity (Wildman–Crippen MR) is 96.5 cm³/mol. The third-order valence-electron chi connectivity index (χ3n) is 5.57. The molecule has 0 bridgehead atoms. The largest absolute Gasteiger partial charge is 0.481 e. The number of hydrogen-bond acceptors (Lipinski definition) is 8. The zero-order chi connectivity index (χ0) is 16.8. The summed E-state index contributed by atoms with van der Waals surface area (Å²) in [6.07, 6.45) is 6.75. The molecule has 0 radical (unpaired) electrons. The van der Waals surface area contributed by atoms with Crippen LogP contribution >= 0.6 is 11.3 Å². The lowest BCUT2D eigenvalue weighted by atomic mass is 9.92. The van der Waals surface area contributed by atoms with Gasteiger partial charge in [-0.05, 0) is 31.6 Å². The van der Waals surface area contributed by atoms with Crippen LogP contribution in [0.25, 0.3) is 0 Å². The summed E-state index contributed by atoms with van der Waals surface area (Å²) in [4.78, 5) is 13.7. The quantitative estimate of drug-likeness (QED) is 0.831. The molecule has 7 nitrogen and oxygen atoms in total. The summed E-state index contributed by atoms with van der Waals surface area (Å²) in [5.41, 5.74) is 0. The lowest BCUT2D eigenvalue weighted by Crippen LogP contribution is -2.48. The van der Waals surface area contributed by atoms with Crippen LogP contribution in [-0.4, -0.2) is 53.0 Å². The molecule has 8 heteroatoms. The highest BCUT2D eigenvalue weighted by atomic mass is 32.1. The van der Waals surface area contributed by atoms with Gasteiger partial charge in [0, 0.05) is 37.8 Å². The fourth-order valence-electron chi connectivity index (χ4n) is 4.00. The fraction of sp³-hybridized carbons (Fsp3) is 0.647. The summed E-state index contributed by atoms with van der Waals surface area (Å²) in [7, 11) is 1.64. The third kappa shape index (κ3) is 2.82. The van der Waals surface area contributed by atoms with E-state index in [1.165, 1.54) is 30.7 Å². The van der Waals surface area contributed by atoms with Crippen molar-refractivity contribution in [2.45, 2.75) is 37.6 Å². The van der Waals surface area contributed by atoms with E-state index in [1.54, 1.807) is 30.7 Å². The monoisotopic (exact) mass is 358 g/mol. The van der Waals surface area contributed by atoms with Crippen molar-refractivity contribution < 1.29 is 4.74 Å². The molecule has 1 saturated carbocycles. The molecule has 0 spiro atoms. The molecule has 2 saturated heterocycles. The Morgan fingerprint density at radius 2 is 2.04 bits per heavy atom. The van der Waals surface area contributed by atoms with Crippen LogP contribution in [0.2, 0.25) is 0 Å². The highest BCUT2D eigenvalue weighted by molar-refractivity contribution is 7.15. The first-order chi connectivity index (χ1) is 12.3. The van der Waals surface area contributed by atoms with Crippen LogP contribution in [0.3, 0.4) is 0 Å². The lowest BCUT2D eigenvalue weighted by molar-refractivity contribution is 0.379. The minimum Gasteiger partial charge on any atom is -0.481 e. The number of ether oxygens (including phenoxy) is 1. The summed E-state index contributed by atoms with van der Waals surface area (Å²) in [6.45, 7) is 3.03. The minimum absolute atomic E-state index is 0.476. The smallest absolute Gasteiger partial charge is 0.228 e. The Labute approximate surface area is 151 Å². The maximum Gasteiger partial charge on any atom is 0.228 e. The number of anilines is 2. The molecule has 3 aliphatic rings. The molecule has 2 aromatic rings. The highest BCUT2D eigenvalue weighted by Crippen LogP contribution is 2.44. The summed E-state index contributed by atoms with van der Waals surface area (Å²) >= 11 is 1.79. The van der Waals surface area contributed by atoms with E-state index in [9.17, 15) is 0 Å². The first-order valence-electron chi connectivity index (χ1n) is 9.04. The zero-order valence-corrected chi connectivity index (χ0v) is 15.2. The van der Waals surface area contributed by atoms with E-state index in [2.05, 4.69) is 30.0 Å². The summed E-state index contributed by atoms with van der Waals surface area (Å²) < 4.78 is 5.25. The Kier molecular flexibility index (Phi) is 3.73. The van der Waals surface area contributed by atoms with Gasteiger partial charge in [0.25, 0.3) is 0 Å². The Bertz CT molecular complexity index is 763. The molecule has 0 aromatic carbocycles. The van der Waals surface area contributed by atoms with Crippen molar-refractivity contribution in [2.24, 2.45) is 5.92 Å². The molecule has 2 aromatic heterocycles. The van der Waals surface area contributed by atoms with Gasteiger partial charge in [-0.2, -0.15) is 4.98 Å². The molecular formula is C17H22N6OS. The number of aromatic nitrogens is 4. The van der Waals surface area contributed by atoms with Gasteiger partial charge in [-0.1, -0.05) is 11.3 Å². The highest BCUT2D eigenvalue weighted by Gasteiger charge is 2.41. The summed E-state index contributed by atoms with van der Waals surface area (Å²) in [5.74, 6) is 2.79. The minimum atomic E-state index is 0.476. The lowest BCUT2D eigenvalue weighted by Gasteiger charge is -2.38. The van der Waals surface area contributed by atoms with E-state index in [4.69, 9.17) is 4.74 Å². The van der Waals surface area contributed by atoms with Gasteiger partial charge in [0.2, 0.25) is 17.0 Å². The second-order valence-electron chi connectivity index (χ2n) is 7.14. The second-order valence-corrected chi connectivity index (χ2v) is 8.13. The van der Waals surface area contributed by atoms with E-state index in [-0.39, 0.29) is 0 Å². The molecule has 0 N–H and O–H groups in total. The Balaban J connectivity index is 1.36. The van der Waals surface area contributed by atoms with Gasteiger partial charge >= 0.3 is 0 Å². The van der Waals surface area contributed by atoms with Gasteiger partial charge < -0.3 is 14.5 Å². The fourth-order valence-corrected chi connectivity index (χ4v) is 5.09. The molecule has 3 fully saturated rings. The SMILES string of the molecule is COc1ccnc(N2CCC3CCN(c4nnc(C5CC5)s4)C3C2)n1. The molecule has 25 heavy (non-hydrogen) atoms. The Hall–Kier alpha value is -1.96. The normalized spacial score (nSPS) is 26.0. The third-order valence-corrected chi connectivity index (χ3v) is 6.70. The van der Waals surface area contributed by atoms with Crippen LogP contribution in [0, 0.1) is 5.92 Å². The number of methoxy groups -OCH3 is 1. The maximum absolute atomic E-state index is 5.25. The average molecular weight is 358 g/mol. The number of hydrogen-bond donors (Lipinski definition) is 0. The standard InChI is InChI=1S/C17H22N6OS/c1-24-14-4-7-18-16(19-14)22-8-5-11-6-9-23(13(11)10-22)17-21-20-15(25-17)12-2-3-12/h4,7,11-13H,2-3,5-6,8-10H2,1H3. The molecule has 4 heterocycles. The molecule has 2 unspecified atom stereocenters. The molecule has 0 amide bonds. The molecule has 2 atom stereocenters. The van der Waals surface area contributed by atoms with E-state index in [0.29, 0.717) is 17.8 Å². The van der Waals surface area contributed by atoms with Gasteiger partial charge in [-0.15, -0.1) is 10.2 Å². The van der Waals surface area contributed by atoms with Gasteiger partial charge in [0.15, 0.2) is 0 Å². The number of rotatable bonds is 4. The van der Waals surface area contributed by atoms with Crippen molar-refractivity contribution in [3.05, 3.63) is 17.3 Å². The number of piperidine rings is 1. The number of fused-ring (bicyclic) bond motifs is 1. The molecule has 1 aliphatic carbocycles. The second kappa shape index (κ2) is 6.09. The van der Waals surface area contributed by atoms with Crippen LogP contribution in [0.4, 0.5) is 11.1 Å². The Morgan fingerprint density at radius 1 is 1.16 bits per heavy atom. The van der Waals surface area contributed by atoms with E-state index >= 15 is 0 Å². The van der Waals surface area contributed by atoms with E-state index < -0.39 is 0 Å². The van der Waals surface area contributed by atoms with Crippen LogP contribution < -0.4 is 14.5 Å². The van der Waals surface area contributed by atoms with E-state index in [0.717, 1.165) is 36.6 Å². The van der Waals surface area contributed by atoms with Gasteiger partial charge in [0.1, 0.15) is 5.01 Å². The van der Waals surface area contributed by atoms with E-state index in [1.807, 2.05) is 0 Å². The predicted octanol–water partition coefficient (Wildman–Crippen LogP) is 2.32. The van der Waals surface area contributed by atoms with Crippen LogP contribution in [0.1, 0.15) is 36.6 Å². The van der Waals surface area contributed by atoms with Crippen molar-refractivity contribution in [3.63, 3.8) is 0 Å². The van der Waals surface area contributed by atoms with Gasteiger partial charge in [-0.25, -0.2) is 4.98 Å². The van der Waals surface area contributed by atoms with Crippen molar-refractivity contribution in [1.82, 2.24) is 20.2 Å². The summed E-state index contributed by atoms with van der Waals surface area (Å²) in [6, 6.07) is 2.27. The average Bonchev–Trinajstić information content (AvgIpc) is 3.25. The van der Waals surface area contributed by atoms with Gasteiger partial charge in [-0.3, -0.25) is 0 Å². The van der Waals surface area contributed by atoms with Crippen LogP contribution in [-0.2, 0) is 0 Å². The van der Waals surface area contributed by atoms with Crippen molar-refractivity contribution in [1.29, 1.82) is 0 Å². The Morgan fingerprint density at radius 3 is 2.88 bits per heavy atom. The maximum atomic E-state index is 5.25. The van der Waals surface area contributed by atoms with Crippen molar-refractivity contribution in [2.75, 3.05) is 36.5 Å². The van der Waals surface area contributed by atoms with Crippen LogP contribution in [0.15, 0.2) is 12.3 Å². The first kappa shape index (κ1) is 15.3. The van der Waals surface area contributed by atoms with Crippen LogP contribution in [0.5, 0.6) is 5.88 Å². The molecule has 132 valence electrons. The van der Waals surface area contributed by atoms with Crippen molar-refractivity contribution >= 4 is 22.4 Å². The molecular weight excluding hydrogens is 336 g/mol.